The van der Waals surface area contributed by atoms with Gasteiger partial charge in [0.2, 0.25) is 47.3 Å². The van der Waals surface area contributed by atoms with E-state index in [1.54, 1.807) is 114 Å². The summed E-state index contributed by atoms with van der Waals surface area (Å²) >= 11 is 0. The van der Waals surface area contributed by atoms with Crippen molar-refractivity contribution in [2.75, 3.05) is 242 Å². The van der Waals surface area contributed by atoms with Crippen LogP contribution in [0.2, 0.25) is 0 Å². The SMILES string of the molecule is CN(C)C(=O)CN1CCN(CC(=O)NCc2ccc(CNC(=O)CN3CCN(CC(=O)N(C)C)CCN(CC(=O)N(C)C)CCN(CC(=O)N(C)C)CC3)cc2)CCN(CC(=O)N(C)C)CCN(CC(=O)N(C)C)CC1. The molecule has 24 heteroatoms. The monoisotopic (exact) mass is 1070 g/mol. The molecule has 0 saturated carbocycles. The van der Waals surface area contributed by atoms with Crippen molar-refractivity contribution < 1.29 is 38.4 Å². The zero-order valence-corrected chi connectivity index (χ0v) is 48.2. The first-order valence-electron chi connectivity index (χ1n) is 26.5. The second-order valence-electron chi connectivity index (χ2n) is 21.3. The Bertz CT molecular complexity index is 1790. The van der Waals surface area contributed by atoms with Crippen molar-refractivity contribution in [1.29, 1.82) is 0 Å². The molecule has 2 heterocycles. The lowest BCUT2D eigenvalue weighted by Crippen LogP contribution is -2.51. The van der Waals surface area contributed by atoms with Gasteiger partial charge in [0.1, 0.15) is 0 Å². The molecule has 2 aliphatic rings. The second kappa shape index (κ2) is 33.7. The number of hydrogen-bond donors (Lipinski definition) is 2. The maximum atomic E-state index is 13.6. The zero-order chi connectivity index (χ0) is 56.5. The summed E-state index contributed by atoms with van der Waals surface area (Å²) in [5.41, 5.74) is 1.77. The van der Waals surface area contributed by atoms with Gasteiger partial charge in [0.15, 0.2) is 0 Å². The van der Waals surface area contributed by atoms with Crippen molar-refractivity contribution in [3.05, 3.63) is 35.4 Å². The van der Waals surface area contributed by atoms with E-state index in [1.807, 2.05) is 24.3 Å². The highest BCUT2D eigenvalue weighted by Gasteiger charge is 2.25. The molecule has 76 heavy (non-hydrogen) atoms. The predicted molar refractivity (Wildman–Crippen MR) is 294 cm³/mol. The Morgan fingerprint density at radius 3 is 0.579 bits per heavy atom. The summed E-state index contributed by atoms with van der Waals surface area (Å²) in [6, 6.07) is 7.70. The molecule has 1 aromatic carbocycles. The molecule has 1 aromatic rings. The average Bonchev–Trinajstić information content (AvgIpc) is 3.35. The largest absolute Gasteiger partial charge is 0.351 e. The van der Waals surface area contributed by atoms with Crippen LogP contribution in [0.5, 0.6) is 0 Å². The van der Waals surface area contributed by atoms with E-state index < -0.39 is 0 Å². The zero-order valence-electron chi connectivity index (χ0n) is 48.2. The Labute approximate surface area is 453 Å². The van der Waals surface area contributed by atoms with Crippen LogP contribution >= 0.6 is 0 Å². The number of carbonyl (C=O) groups excluding carboxylic acids is 8. The molecule has 24 nitrogen and oxygen atoms in total. The standard InChI is InChI=1S/C52H94N16O8/c1-55(2)47(71)37-63-21-17-61(18-22-64(38-48(72)56(3)4)26-30-67(29-25-63)41-51(75)59(9)10)35-45(69)53-33-43-13-15-44(16-14-43)34-54-46(70)36-62-19-23-65(39-49(73)57(5)6)27-31-68(42-52(76)60(11)12)32-28-66(24-20-62)40-50(74)58(7)8/h13-16H,17-42H2,1-12H3,(H,53,69)(H,54,70). The summed E-state index contributed by atoms with van der Waals surface area (Å²) < 4.78 is 0. The molecule has 8 amide bonds. The van der Waals surface area contributed by atoms with Gasteiger partial charge in [-0.25, -0.2) is 0 Å². The van der Waals surface area contributed by atoms with E-state index in [1.165, 1.54) is 0 Å². The summed E-state index contributed by atoms with van der Waals surface area (Å²) in [5.74, 6) is -0.518. The van der Waals surface area contributed by atoms with Crippen molar-refractivity contribution in [3.63, 3.8) is 0 Å². The third-order valence-electron chi connectivity index (χ3n) is 13.7. The number of likely N-dealkylation sites (N-methyl/N-ethyl adjacent to an activating group) is 6. The molecule has 0 aliphatic carbocycles. The highest BCUT2D eigenvalue weighted by Crippen LogP contribution is 2.08. The van der Waals surface area contributed by atoms with Gasteiger partial charge in [-0.3, -0.25) is 77.6 Å². The van der Waals surface area contributed by atoms with Gasteiger partial charge in [0, 0.05) is 202 Å². The number of nitrogens with zero attached hydrogens (tertiary/aromatic N) is 14. The first kappa shape index (κ1) is 64.9. The van der Waals surface area contributed by atoms with E-state index in [4.69, 9.17) is 0 Å². The Morgan fingerprint density at radius 2 is 0.434 bits per heavy atom. The molecule has 0 aromatic heterocycles. The minimum absolute atomic E-state index is 0.0235. The third kappa shape index (κ3) is 25.7. The average molecular weight is 1070 g/mol. The highest BCUT2D eigenvalue weighted by atomic mass is 16.2. The highest BCUT2D eigenvalue weighted by molar-refractivity contribution is 5.80. The number of hydrogen-bond acceptors (Lipinski definition) is 16. The van der Waals surface area contributed by atoms with Crippen molar-refractivity contribution >= 4 is 47.3 Å². The Morgan fingerprint density at radius 1 is 0.289 bits per heavy atom. The molecule has 2 fully saturated rings. The Kier molecular flexibility index (Phi) is 28.8. The summed E-state index contributed by atoms with van der Waals surface area (Å²) in [7, 11) is 20.7. The van der Waals surface area contributed by atoms with Crippen LogP contribution in [-0.4, -0.2) is 358 Å². The minimum atomic E-state index is -0.163. The minimum Gasteiger partial charge on any atom is -0.351 e. The quantitative estimate of drug-likeness (QED) is 0.127. The number of carbonyl (C=O) groups is 8. The topological polar surface area (TPSA) is 206 Å². The molecule has 430 valence electrons. The third-order valence-corrected chi connectivity index (χ3v) is 13.7. The van der Waals surface area contributed by atoms with Crippen molar-refractivity contribution in [2.24, 2.45) is 0 Å². The van der Waals surface area contributed by atoms with Crippen LogP contribution in [0, 0.1) is 0 Å². The number of rotatable bonds is 20. The van der Waals surface area contributed by atoms with E-state index in [0.29, 0.717) is 118 Å². The molecule has 0 unspecified atom stereocenters. The molecule has 2 aliphatic heterocycles. The maximum absolute atomic E-state index is 13.6. The molecule has 0 radical (unpaired) electrons. The van der Waals surface area contributed by atoms with Crippen molar-refractivity contribution in [2.45, 2.75) is 13.1 Å². The van der Waals surface area contributed by atoms with Crippen LogP contribution in [0.15, 0.2) is 24.3 Å². The molecule has 0 bridgehead atoms. The molecular formula is C52H94N16O8. The molecule has 2 N–H and O–H groups in total. The molecule has 0 atom stereocenters. The first-order chi connectivity index (χ1) is 35.9. The fourth-order valence-electron chi connectivity index (χ4n) is 8.11. The number of nitrogens with one attached hydrogen (secondary N) is 2. The van der Waals surface area contributed by atoms with Gasteiger partial charge < -0.3 is 40.0 Å². The lowest BCUT2D eigenvalue weighted by atomic mass is 10.1. The fraction of sp³-hybridized carbons (Fsp3) is 0.731. The summed E-state index contributed by atoms with van der Waals surface area (Å²) in [6.07, 6.45) is 0. The lowest BCUT2D eigenvalue weighted by molar-refractivity contribution is -0.132. The predicted octanol–water partition coefficient (Wildman–Crippen LogP) is -4.11. The van der Waals surface area contributed by atoms with E-state index in [2.05, 4.69) is 49.8 Å². The molecular weight excluding hydrogens is 977 g/mol. The van der Waals surface area contributed by atoms with Crippen LogP contribution < -0.4 is 10.6 Å². The smallest absolute Gasteiger partial charge is 0.236 e. The van der Waals surface area contributed by atoms with Gasteiger partial charge in [0.25, 0.3) is 0 Å². The van der Waals surface area contributed by atoms with Crippen LogP contribution in [0.4, 0.5) is 0 Å². The van der Waals surface area contributed by atoms with Crippen molar-refractivity contribution in [1.82, 2.24) is 79.2 Å². The van der Waals surface area contributed by atoms with E-state index in [0.717, 1.165) is 11.1 Å². The van der Waals surface area contributed by atoms with Crippen LogP contribution in [-0.2, 0) is 51.4 Å². The van der Waals surface area contributed by atoms with Crippen molar-refractivity contribution in [3.8, 4) is 0 Å². The summed E-state index contributed by atoms with van der Waals surface area (Å²) in [6.45, 7) is 10.5. The van der Waals surface area contributed by atoms with Gasteiger partial charge in [-0.15, -0.1) is 0 Å². The second-order valence-corrected chi connectivity index (χ2v) is 21.3. The van der Waals surface area contributed by atoms with Gasteiger partial charge in [-0.05, 0) is 11.1 Å². The van der Waals surface area contributed by atoms with Crippen LogP contribution in [0.3, 0.4) is 0 Å². The number of benzene rings is 1. The van der Waals surface area contributed by atoms with E-state index >= 15 is 0 Å². The van der Waals surface area contributed by atoms with Crippen LogP contribution in [0.1, 0.15) is 11.1 Å². The summed E-state index contributed by atoms with van der Waals surface area (Å²) in [4.78, 5) is 130. The molecule has 0 spiro atoms. The van der Waals surface area contributed by atoms with E-state index in [-0.39, 0.29) is 99.6 Å². The van der Waals surface area contributed by atoms with Gasteiger partial charge in [0.05, 0.1) is 52.4 Å². The maximum Gasteiger partial charge on any atom is 0.236 e. The fourth-order valence-corrected chi connectivity index (χ4v) is 8.11. The first-order valence-corrected chi connectivity index (χ1v) is 26.5. The lowest BCUT2D eigenvalue weighted by Gasteiger charge is -2.34. The normalized spacial score (nSPS) is 17.4. The number of amides is 8. The van der Waals surface area contributed by atoms with E-state index in [9.17, 15) is 38.4 Å². The molecule has 2 saturated heterocycles. The summed E-state index contributed by atoms with van der Waals surface area (Å²) in [5, 5.41) is 6.12. The Balaban J connectivity index is 1.66. The Hall–Kier alpha value is -5.34. The van der Waals surface area contributed by atoms with Gasteiger partial charge in [-0.2, -0.15) is 0 Å². The van der Waals surface area contributed by atoms with Gasteiger partial charge >= 0.3 is 0 Å². The molecule has 3 rings (SSSR count). The van der Waals surface area contributed by atoms with Crippen LogP contribution in [0.25, 0.3) is 0 Å². The van der Waals surface area contributed by atoms with Gasteiger partial charge in [-0.1, -0.05) is 24.3 Å².